The van der Waals surface area contributed by atoms with E-state index in [4.69, 9.17) is 0 Å². The van der Waals surface area contributed by atoms with E-state index in [0.29, 0.717) is 16.9 Å². The molecule has 0 radical (unpaired) electrons. The molecule has 1 atom stereocenters. The zero-order chi connectivity index (χ0) is 21.0. The molecule has 29 heavy (non-hydrogen) atoms. The van der Waals surface area contributed by atoms with Gasteiger partial charge in [0.05, 0.1) is 29.4 Å². The second-order valence-corrected chi connectivity index (χ2v) is 7.36. The number of esters is 1. The lowest BCUT2D eigenvalue weighted by atomic mass is 10.2. The van der Waals surface area contributed by atoms with Gasteiger partial charge in [-0.2, -0.15) is 0 Å². The van der Waals surface area contributed by atoms with Crippen molar-refractivity contribution in [3.63, 3.8) is 0 Å². The summed E-state index contributed by atoms with van der Waals surface area (Å²) in [6, 6.07) is 11.4. The fourth-order valence-electron chi connectivity index (χ4n) is 2.81. The average Bonchev–Trinajstić information content (AvgIpc) is 2.99. The van der Waals surface area contributed by atoms with E-state index in [1.165, 1.54) is 49.6 Å². The van der Waals surface area contributed by atoms with Crippen molar-refractivity contribution >= 4 is 46.8 Å². The molecule has 0 unspecified atom stereocenters. The van der Waals surface area contributed by atoms with Crippen LogP contribution in [0.5, 0.6) is 0 Å². The first kappa shape index (κ1) is 20.5. The summed E-state index contributed by atoms with van der Waals surface area (Å²) in [5.41, 5.74) is 0.965. The summed E-state index contributed by atoms with van der Waals surface area (Å²) in [7, 11) is 1.26. The predicted octanol–water partition coefficient (Wildman–Crippen LogP) is 2.62. The predicted molar refractivity (Wildman–Crippen MR) is 106 cm³/mol. The summed E-state index contributed by atoms with van der Waals surface area (Å²) in [6.07, 6.45) is -0.0322. The quantitative estimate of drug-likeness (QED) is 0.575. The normalized spacial score (nSPS) is 16.1. The Kier molecular flexibility index (Phi) is 6.28. The highest BCUT2D eigenvalue weighted by Gasteiger charge is 2.40. The van der Waals surface area contributed by atoms with E-state index in [9.17, 15) is 23.6 Å². The molecule has 3 rings (SSSR count). The molecule has 0 bridgehead atoms. The molecule has 1 fully saturated rings. The van der Waals surface area contributed by atoms with Gasteiger partial charge in [-0.3, -0.25) is 14.4 Å². The van der Waals surface area contributed by atoms with E-state index in [0.717, 1.165) is 16.7 Å². The highest BCUT2D eigenvalue weighted by Crippen LogP contribution is 2.30. The van der Waals surface area contributed by atoms with Crippen molar-refractivity contribution in [3.05, 3.63) is 59.9 Å². The van der Waals surface area contributed by atoms with E-state index >= 15 is 0 Å². The van der Waals surface area contributed by atoms with Crippen molar-refractivity contribution in [1.82, 2.24) is 0 Å². The zero-order valence-electron chi connectivity index (χ0n) is 15.4. The number of rotatable bonds is 6. The SMILES string of the molecule is COC(=O)c1ccc(N2C(=O)C[C@H](SCC(=O)Nc3cccc(F)c3)C2=O)cc1. The van der Waals surface area contributed by atoms with Crippen LogP contribution in [0.1, 0.15) is 16.8 Å². The Morgan fingerprint density at radius 3 is 2.59 bits per heavy atom. The smallest absolute Gasteiger partial charge is 0.337 e. The minimum absolute atomic E-state index is 0.0322. The molecule has 2 aromatic carbocycles. The van der Waals surface area contributed by atoms with Gasteiger partial charge in [0.2, 0.25) is 17.7 Å². The number of anilines is 2. The van der Waals surface area contributed by atoms with Crippen LogP contribution in [0.25, 0.3) is 0 Å². The number of carbonyl (C=O) groups excluding carboxylic acids is 4. The van der Waals surface area contributed by atoms with Crippen LogP contribution in [0.4, 0.5) is 15.8 Å². The van der Waals surface area contributed by atoms with E-state index in [-0.39, 0.29) is 18.1 Å². The molecule has 1 aliphatic heterocycles. The number of halogens is 1. The number of methoxy groups -OCH3 is 1. The van der Waals surface area contributed by atoms with Gasteiger partial charge in [0.15, 0.2) is 0 Å². The fourth-order valence-corrected chi connectivity index (χ4v) is 3.74. The standard InChI is InChI=1S/C20H17FN2O5S/c1-28-20(27)12-5-7-15(8-6-12)23-18(25)10-16(19(23)26)29-11-17(24)22-14-4-2-3-13(21)9-14/h2-9,16H,10-11H2,1H3,(H,22,24)/t16-/m0/s1. The van der Waals surface area contributed by atoms with E-state index in [1.54, 1.807) is 6.07 Å². The maximum Gasteiger partial charge on any atom is 0.337 e. The van der Waals surface area contributed by atoms with Crippen molar-refractivity contribution in [2.24, 2.45) is 0 Å². The molecule has 0 spiro atoms. The largest absolute Gasteiger partial charge is 0.465 e. The molecule has 0 aromatic heterocycles. The number of benzene rings is 2. The van der Waals surface area contributed by atoms with E-state index < -0.39 is 28.9 Å². The number of nitrogens with zero attached hydrogens (tertiary/aromatic N) is 1. The van der Waals surface area contributed by atoms with Crippen molar-refractivity contribution in [3.8, 4) is 0 Å². The number of hydrogen-bond donors (Lipinski definition) is 1. The highest BCUT2D eigenvalue weighted by molar-refractivity contribution is 8.01. The third-order valence-corrected chi connectivity index (χ3v) is 5.38. The van der Waals surface area contributed by atoms with Gasteiger partial charge >= 0.3 is 5.97 Å². The molecule has 150 valence electrons. The van der Waals surface area contributed by atoms with Crippen LogP contribution in [0.2, 0.25) is 0 Å². The number of imide groups is 1. The molecule has 0 aliphatic carbocycles. The molecule has 1 heterocycles. The van der Waals surface area contributed by atoms with Gasteiger partial charge in [-0.1, -0.05) is 6.07 Å². The Hall–Kier alpha value is -3.20. The van der Waals surface area contributed by atoms with Crippen molar-refractivity contribution in [1.29, 1.82) is 0 Å². The molecule has 1 aliphatic rings. The van der Waals surface area contributed by atoms with Crippen molar-refractivity contribution in [2.75, 3.05) is 23.1 Å². The molecular weight excluding hydrogens is 399 g/mol. The molecule has 7 nitrogen and oxygen atoms in total. The van der Waals surface area contributed by atoms with Gasteiger partial charge in [-0.25, -0.2) is 14.1 Å². The van der Waals surface area contributed by atoms with Crippen LogP contribution in [-0.4, -0.2) is 41.8 Å². The molecule has 2 aromatic rings. The zero-order valence-corrected chi connectivity index (χ0v) is 16.2. The van der Waals surface area contributed by atoms with Crippen molar-refractivity contribution < 1.29 is 28.3 Å². The maximum atomic E-state index is 13.2. The van der Waals surface area contributed by atoms with Crippen LogP contribution in [0.15, 0.2) is 48.5 Å². The van der Waals surface area contributed by atoms with Crippen LogP contribution < -0.4 is 10.2 Å². The molecule has 1 saturated heterocycles. The molecular formula is C20H17FN2O5S. The molecule has 1 N–H and O–H groups in total. The van der Waals surface area contributed by atoms with Crippen molar-refractivity contribution in [2.45, 2.75) is 11.7 Å². The van der Waals surface area contributed by atoms with Gasteiger partial charge in [0.1, 0.15) is 5.82 Å². The monoisotopic (exact) mass is 416 g/mol. The van der Waals surface area contributed by atoms with Gasteiger partial charge in [-0.15, -0.1) is 11.8 Å². The average molecular weight is 416 g/mol. The van der Waals surface area contributed by atoms with Crippen LogP contribution in [-0.2, 0) is 19.1 Å². The van der Waals surface area contributed by atoms with Crippen LogP contribution >= 0.6 is 11.8 Å². The third-order valence-electron chi connectivity index (χ3n) is 4.18. The van der Waals surface area contributed by atoms with Crippen LogP contribution in [0, 0.1) is 5.82 Å². The first-order chi connectivity index (χ1) is 13.9. The first-order valence-corrected chi connectivity index (χ1v) is 9.66. The first-order valence-electron chi connectivity index (χ1n) is 8.61. The number of nitrogens with one attached hydrogen (secondary N) is 1. The Bertz CT molecular complexity index is 964. The lowest BCUT2D eigenvalue weighted by Crippen LogP contribution is -2.31. The Labute approximate surface area is 170 Å². The van der Waals surface area contributed by atoms with E-state index in [2.05, 4.69) is 10.1 Å². The maximum absolute atomic E-state index is 13.2. The minimum Gasteiger partial charge on any atom is -0.465 e. The topological polar surface area (TPSA) is 92.8 Å². The number of hydrogen-bond acceptors (Lipinski definition) is 6. The Morgan fingerprint density at radius 2 is 1.93 bits per heavy atom. The lowest BCUT2D eigenvalue weighted by molar-refractivity contribution is -0.121. The second-order valence-electron chi connectivity index (χ2n) is 6.17. The molecule has 0 saturated carbocycles. The van der Waals surface area contributed by atoms with E-state index in [1.807, 2.05) is 0 Å². The summed E-state index contributed by atoms with van der Waals surface area (Å²) < 4.78 is 17.8. The summed E-state index contributed by atoms with van der Waals surface area (Å²) in [5, 5.41) is 1.85. The van der Waals surface area contributed by atoms with Crippen LogP contribution in [0.3, 0.4) is 0 Å². The summed E-state index contributed by atoms with van der Waals surface area (Å²) in [6.45, 7) is 0. The highest BCUT2D eigenvalue weighted by atomic mass is 32.2. The molecule has 3 amide bonds. The summed E-state index contributed by atoms with van der Waals surface area (Å²) >= 11 is 1.05. The van der Waals surface area contributed by atoms with Gasteiger partial charge < -0.3 is 10.1 Å². The number of ether oxygens (including phenoxy) is 1. The van der Waals surface area contributed by atoms with Gasteiger partial charge in [0, 0.05) is 12.1 Å². The van der Waals surface area contributed by atoms with Gasteiger partial charge in [0.25, 0.3) is 0 Å². The minimum atomic E-state index is -0.693. The number of amides is 3. The third kappa shape index (κ3) is 4.80. The number of thioether (sulfide) groups is 1. The Balaban J connectivity index is 1.60. The second kappa shape index (κ2) is 8.87. The fraction of sp³-hybridized carbons (Fsp3) is 0.200. The summed E-state index contributed by atoms with van der Waals surface area (Å²) in [5.74, 6) is -2.26. The lowest BCUT2D eigenvalue weighted by Gasteiger charge is -2.15. The molecule has 9 heteroatoms. The van der Waals surface area contributed by atoms with Gasteiger partial charge in [-0.05, 0) is 42.5 Å². The Morgan fingerprint density at radius 1 is 1.21 bits per heavy atom. The number of carbonyl (C=O) groups is 4. The summed E-state index contributed by atoms with van der Waals surface area (Å²) in [4.78, 5) is 49.5.